The van der Waals surface area contributed by atoms with Gasteiger partial charge in [-0.05, 0) is 12.5 Å². The Labute approximate surface area is 147 Å². The van der Waals surface area contributed by atoms with E-state index in [0.717, 1.165) is 6.20 Å². The first-order valence-electron chi connectivity index (χ1n) is 8.48. The minimum atomic E-state index is -1.33. The van der Waals surface area contributed by atoms with Gasteiger partial charge in [0.25, 0.3) is 5.56 Å². The van der Waals surface area contributed by atoms with Crippen LogP contribution in [-0.2, 0) is 6.54 Å². The van der Waals surface area contributed by atoms with Crippen LogP contribution < -0.4 is 10.9 Å². The monoisotopic (exact) mass is 364 g/mol. The van der Waals surface area contributed by atoms with E-state index in [0.29, 0.717) is 42.7 Å². The van der Waals surface area contributed by atoms with E-state index in [1.165, 1.54) is 10.6 Å². The summed E-state index contributed by atoms with van der Waals surface area (Å²) in [4.78, 5) is 28.7. The SMILES string of the molecule is O=C(O)N[C@@H]1CCN(CC2Cn3c(=O)ccc4ncc(F)c2c43)C[C@@H]1F. The number of carbonyl (C=O) groups is 1. The van der Waals surface area contributed by atoms with Gasteiger partial charge >= 0.3 is 6.09 Å². The largest absolute Gasteiger partial charge is 0.465 e. The molecule has 2 aliphatic heterocycles. The molecule has 2 aliphatic rings. The Kier molecular flexibility index (Phi) is 4.10. The van der Waals surface area contributed by atoms with Crippen molar-refractivity contribution in [3.05, 3.63) is 40.1 Å². The van der Waals surface area contributed by atoms with E-state index in [1.807, 2.05) is 4.90 Å². The number of pyridine rings is 2. The number of carboxylic acid groups (broad SMARTS) is 1. The van der Waals surface area contributed by atoms with E-state index < -0.39 is 24.1 Å². The van der Waals surface area contributed by atoms with E-state index in [2.05, 4.69) is 10.3 Å². The minimum Gasteiger partial charge on any atom is -0.465 e. The lowest BCUT2D eigenvalue weighted by molar-refractivity contribution is 0.0948. The van der Waals surface area contributed by atoms with E-state index in [-0.39, 0.29) is 18.0 Å². The van der Waals surface area contributed by atoms with E-state index in [4.69, 9.17) is 5.11 Å². The number of hydrogen-bond acceptors (Lipinski definition) is 4. The maximum atomic E-state index is 14.4. The predicted octanol–water partition coefficient (Wildman–Crippen LogP) is 1.31. The molecule has 1 amide bonds. The van der Waals surface area contributed by atoms with Crippen LogP contribution in [0, 0.1) is 5.82 Å². The standard InChI is InChI=1S/C17H18F2N4O3/c18-10-5-20-13-1-2-14(24)23-7-9(15(10)16(13)23)6-22-4-3-12(11(19)8-22)21-17(25)26/h1-2,5,9,11-12,21H,3-4,6-8H2,(H,25,26)/t9?,11-,12+/m0/s1. The van der Waals surface area contributed by atoms with Crippen LogP contribution in [0.3, 0.4) is 0 Å². The molecule has 3 atom stereocenters. The molecular weight excluding hydrogens is 346 g/mol. The van der Waals surface area contributed by atoms with Crippen molar-refractivity contribution in [1.29, 1.82) is 0 Å². The number of amides is 1. The van der Waals surface area contributed by atoms with Gasteiger partial charge in [-0.25, -0.2) is 13.6 Å². The maximum Gasteiger partial charge on any atom is 0.404 e. The van der Waals surface area contributed by atoms with Gasteiger partial charge < -0.3 is 15.0 Å². The fraction of sp³-hybridized carbons (Fsp3) is 0.471. The smallest absolute Gasteiger partial charge is 0.404 e. The normalized spacial score (nSPS) is 25.5. The summed E-state index contributed by atoms with van der Waals surface area (Å²) in [6.45, 7) is 1.31. The third kappa shape index (κ3) is 2.82. The molecule has 138 valence electrons. The summed E-state index contributed by atoms with van der Waals surface area (Å²) in [5.74, 6) is -0.731. The summed E-state index contributed by atoms with van der Waals surface area (Å²) in [6, 6.07) is 2.27. The number of nitrogens with zero attached hydrogens (tertiary/aromatic N) is 3. The Hall–Kier alpha value is -2.55. The summed E-state index contributed by atoms with van der Waals surface area (Å²) in [5, 5.41) is 10.9. The highest BCUT2D eigenvalue weighted by atomic mass is 19.1. The van der Waals surface area contributed by atoms with Crippen LogP contribution in [0.2, 0.25) is 0 Å². The molecule has 0 aliphatic carbocycles. The molecule has 4 heterocycles. The highest BCUT2D eigenvalue weighted by Crippen LogP contribution is 2.34. The first kappa shape index (κ1) is 16.9. The van der Waals surface area contributed by atoms with Crippen LogP contribution in [0.15, 0.2) is 23.1 Å². The molecule has 1 saturated heterocycles. The fourth-order valence-corrected chi connectivity index (χ4v) is 4.06. The number of rotatable bonds is 3. The fourth-order valence-electron chi connectivity index (χ4n) is 4.06. The molecule has 1 unspecified atom stereocenters. The highest BCUT2D eigenvalue weighted by molar-refractivity contribution is 5.80. The van der Waals surface area contributed by atoms with E-state index in [9.17, 15) is 18.4 Å². The second-order valence-corrected chi connectivity index (χ2v) is 6.85. The van der Waals surface area contributed by atoms with Gasteiger partial charge in [0.2, 0.25) is 0 Å². The summed E-state index contributed by atoms with van der Waals surface area (Å²) >= 11 is 0. The van der Waals surface area contributed by atoms with Crippen molar-refractivity contribution in [2.24, 2.45) is 0 Å². The zero-order chi connectivity index (χ0) is 18.4. The number of halogens is 2. The van der Waals surface area contributed by atoms with Crippen molar-refractivity contribution in [3.63, 3.8) is 0 Å². The molecule has 0 aromatic carbocycles. The third-order valence-electron chi connectivity index (χ3n) is 5.22. The summed E-state index contributed by atoms with van der Waals surface area (Å²) < 4.78 is 30.2. The van der Waals surface area contributed by atoms with Crippen LogP contribution in [0.4, 0.5) is 13.6 Å². The molecule has 0 saturated carbocycles. The van der Waals surface area contributed by atoms with Gasteiger partial charge in [0.15, 0.2) is 0 Å². The van der Waals surface area contributed by atoms with Gasteiger partial charge in [0.1, 0.15) is 12.0 Å². The van der Waals surface area contributed by atoms with Crippen LogP contribution in [0.5, 0.6) is 0 Å². The van der Waals surface area contributed by atoms with Crippen molar-refractivity contribution in [2.45, 2.75) is 31.1 Å². The van der Waals surface area contributed by atoms with Crippen LogP contribution in [0.1, 0.15) is 17.9 Å². The molecule has 0 spiro atoms. The Bertz CT molecular complexity index is 932. The molecule has 4 rings (SSSR count). The van der Waals surface area contributed by atoms with Gasteiger partial charge in [0.05, 0.1) is 23.3 Å². The van der Waals surface area contributed by atoms with E-state index >= 15 is 0 Å². The van der Waals surface area contributed by atoms with Crippen molar-refractivity contribution in [1.82, 2.24) is 19.8 Å². The molecule has 26 heavy (non-hydrogen) atoms. The van der Waals surface area contributed by atoms with Crippen LogP contribution >= 0.6 is 0 Å². The molecule has 9 heteroatoms. The van der Waals surface area contributed by atoms with Crippen molar-refractivity contribution in [2.75, 3.05) is 19.6 Å². The second kappa shape index (κ2) is 6.31. The van der Waals surface area contributed by atoms with Crippen molar-refractivity contribution >= 4 is 17.1 Å². The summed E-state index contributed by atoms with van der Waals surface area (Å²) in [7, 11) is 0. The van der Waals surface area contributed by atoms with Gasteiger partial charge in [-0.1, -0.05) is 0 Å². The average Bonchev–Trinajstić information content (AvgIpc) is 2.97. The Morgan fingerprint density at radius 3 is 2.92 bits per heavy atom. The van der Waals surface area contributed by atoms with E-state index in [1.54, 1.807) is 6.07 Å². The molecule has 2 N–H and O–H groups in total. The van der Waals surface area contributed by atoms with Crippen molar-refractivity contribution in [3.8, 4) is 0 Å². The lowest BCUT2D eigenvalue weighted by Crippen LogP contribution is -2.52. The van der Waals surface area contributed by atoms with Gasteiger partial charge in [-0.3, -0.25) is 14.7 Å². The predicted molar refractivity (Wildman–Crippen MR) is 89.6 cm³/mol. The first-order valence-corrected chi connectivity index (χ1v) is 8.48. The number of alkyl halides is 1. The number of likely N-dealkylation sites (tertiary alicyclic amines) is 1. The van der Waals surface area contributed by atoms with Gasteiger partial charge in [-0.15, -0.1) is 0 Å². The minimum absolute atomic E-state index is 0.0720. The maximum absolute atomic E-state index is 14.4. The molecule has 2 aromatic heterocycles. The third-order valence-corrected chi connectivity index (χ3v) is 5.22. The quantitative estimate of drug-likeness (QED) is 0.858. The zero-order valence-corrected chi connectivity index (χ0v) is 13.9. The second-order valence-electron chi connectivity index (χ2n) is 6.85. The van der Waals surface area contributed by atoms with Crippen LogP contribution in [0.25, 0.3) is 11.0 Å². The molecule has 0 radical (unpaired) electrons. The molecule has 7 nitrogen and oxygen atoms in total. The molecule has 1 fully saturated rings. The van der Waals surface area contributed by atoms with Crippen molar-refractivity contribution < 1.29 is 18.7 Å². The highest BCUT2D eigenvalue weighted by Gasteiger charge is 2.35. The Morgan fingerprint density at radius 2 is 2.19 bits per heavy atom. The van der Waals surface area contributed by atoms with Gasteiger partial charge in [-0.2, -0.15) is 0 Å². The topological polar surface area (TPSA) is 87.5 Å². The number of nitrogens with one attached hydrogen (secondary N) is 1. The first-order chi connectivity index (χ1) is 12.4. The summed E-state index contributed by atoms with van der Waals surface area (Å²) in [6.07, 6.45) is -1.06. The number of aromatic nitrogens is 2. The Morgan fingerprint density at radius 1 is 1.38 bits per heavy atom. The van der Waals surface area contributed by atoms with Gasteiger partial charge in [0, 0.05) is 43.7 Å². The lowest BCUT2D eigenvalue weighted by Gasteiger charge is -2.35. The molecular formula is C17H18F2N4O3. The van der Waals surface area contributed by atoms with Crippen LogP contribution in [-0.4, -0.2) is 57.5 Å². The lowest BCUT2D eigenvalue weighted by atomic mass is 9.97. The number of piperidine rings is 1. The average molecular weight is 364 g/mol. The Balaban J connectivity index is 1.55. The molecule has 0 bridgehead atoms. The number of hydrogen-bond donors (Lipinski definition) is 2. The zero-order valence-electron chi connectivity index (χ0n) is 13.9. The summed E-state index contributed by atoms with van der Waals surface area (Å²) in [5.41, 5.74) is 1.33. The molecule has 2 aromatic rings.